The summed E-state index contributed by atoms with van der Waals surface area (Å²) in [6.07, 6.45) is -1.79. The molecule has 1 rings (SSSR count). The highest BCUT2D eigenvalue weighted by Gasteiger charge is 2.21. The maximum absolute atomic E-state index is 10.5. The summed E-state index contributed by atoms with van der Waals surface area (Å²) >= 11 is 11.4. The number of aliphatic carboxylic acids is 1. The minimum atomic E-state index is -1.79. The van der Waals surface area contributed by atoms with E-state index in [2.05, 4.69) is 0 Å². The molecular weight excluding hydrogens is 241 g/mol. The lowest BCUT2D eigenvalue weighted by molar-refractivity contribution is -0.146. The van der Waals surface area contributed by atoms with Crippen LogP contribution in [0.5, 0.6) is 0 Å². The van der Waals surface area contributed by atoms with Gasteiger partial charge in [-0.15, -0.1) is 0 Å². The average Bonchev–Trinajstić information content (AvgIpc) is 2.19. The first kappa shape index (κ1) is 11.8. The summed E-state index contributed by atoms with van der Waals surface area (Å²) in [4.78, 5) is 10.5. The van der Waals surface area contributed by atoms with E-state index in [-0.39, 0.29) is 21.2 Å². The first-order valence-electron chi connectivity index (χ1n) is 3.77. The number of hydrogen-bond donors (Lipinski definition) is 2. The molecular formula is C9H5Cl2NO3. The third-order valence-corrected chi connectivity index (χ3v) is 2.35. The summed E-state index contributed by atoms with van der Waals surface area (Å²) in [6.45, 7) is 0. The van der Waals surface area contributed by atoms with Crippen LogP contribution in [0.1, 0.15) is 17.2 Å². The van der Waals surface area contributed by atoms with E-state index in [0.29, 0.717) is 0 Å². The smallest absolute Gasteiger partial charge is 0.337 e. The van der Waals surface area contributed by atoms with E-state index in [1.54, 1.807) is 6.07 Å². The molecule has 0 fully saturated rings. The molecule has 0 heterocycles. The van der Waals surface area contributed by atoms with Crippen LogP contribution in [0.4, 0.5) is 0 Å². The van der Waals surface area contributed by atoms with Gasteiger partial charge in [0.1, 0.15) is 6.07 Å². The molecule has 0 saturated heterocycles. The molecule has 0 aromatic heterocycles. The Bertz CT molecular complexity index is 453. The minimum Gasteiger partial charge on any atom is -0.479 e. The van der Waals surface area contributed by atoms with Crippen molar-refractivity contribution in [3.8, 4) is 6.07 Å². The van der Waals surface area contributed by atoms with Crippen molar-refractivity contribution < 1.29 is 15.0 Å². The number of carboxylic acids is 1. The monoisotopic (exact) mass is 245 g/mol. The number of hydrogen-bond acceptors (Lipinski definition) is 3. The Morgan fingerprint density at radius 3 is 2.53 bits per heavy atom. The Morgan fingerprint density at radius 1 is 1.47 bits per heavy atom. The van der Waals surface area contributed by atoms with Crippen molar-refractivity contribution in [2.75, 3.05) is 0 Å². The van der Waals surface area contributed by atoms with Crippen molar-refractivity contribution in [1.29, 1.82) is 5.26 Å². The summed E-state index contributed by atoms with van der Waals surface area (Å²) in [5, 5.41) is 26.6. The second kappa shape index (κ2) is 4.49. The van der Waals surface area contributed by atoms with Gasteiger partial charge in [0.2, 0.25) is 0 Å². The summed E-state index contributed by atoms with van der Waals surface area (Å²) in [5.74, 6) is -1.46. The van der Waals surface area contributed by atoms with Gasteiger partial charge in [0.15, 0.2) is 6.10 Å². The number of benzene rings is 1. The Labute approximate surface area is 95.3 Å². The fourth-order valence-electron chi connectivity index (χ4n) is 1.02. The Kier molecular flexibility index (Phi) is 3.53. The zero-order valence-electron chi connectivity index (χ0n) is 7.24. The van der Waals surface area contributed by atoms with Crippen LogP contribution in [-0.4, -0.2) is 16.2 Å². The predicted octanol–water partition coefficient (Wildman–Crippen LogP) is 1.98. The molecule has 2 N–H and O–H groups in total. The fourth-order valence-corrected chi connectivity index (χ4v) is 1.51. The average molecular weight is 246 g/mol. The van der Waals surface area contributed by atoms with Crippen LogP contribution < -0.4 is 0 Å². The first-order valence-corrected chi connectivity index (χ1v) is 4.53. The van der Waals surface area contributed by atoms with Crippen molar-refractivity contribution in [2.45, 2.75) is 6.10 Å². The fraction of sp³-hybridized carbons (Fsp3) is 0.111. The lowest BCUT2D eigenvalue weighted by atomic mass is 10.1. The van der Waals surface area contributed by atoms with Crippen LogP contribution in [0.25, 0.3) is 0 Å². The van der Waals surface area contributed by atoms with Crippen molar-refractivity contribution in [3.05, 3.63) is 33.3 Å². The largest absolute Gasteiger partial charge is 0.479 e. The molecule has 1 unspecified atom stereocenters. The van der Waals surface area contributed by atoms with Gasteiger partial charge in [-0.25, -0.2) is 4.79 Å². The SMILES string of the molecule is N#Cc1cc(Cl)cc(C(O)C(=O)O)c1Cl. The number of aliphatic hydroxyl groups excluding tert-OH is 1. The molecule has 1 aromatic carbocycles. The van der Waals surface area contributed by atoms with Gasteiger partial charge in [0.25, 0.3) is 0 Å². The highest BCUT2D eigenvalue weighted by Crippen LogP contribution is 2.30. The molecule has 0 spiro atoms. The van der Waals surface area contributed by atoms with Crippen molar-refractivity contribution in [2.24, 2.45) is 0 Å². The van der Waals surface area contributed by atoms with E-state index < -0.39 is 12.1 Å². The van der Waals surface area contributed by atoms with Crippen LogP contribution >= 0.6 is 23.2 Å². The number of carboxylic acid groups (broad SMARTS) is 1. The quantitative estimate of drug-likeness (QED) is 0.835. The maximum atomic E-state index is 10.5. The molecule has 0 aliphatic rings. The molecule has 0 amide bonds. The van der Waals surface area contributed by atoms with Gasteiger partial charge in [-0.3, -0.25) is 0 Å². The normalized spacial score (nSPS) is 11.9. The number of halogens is 2. The zero-order valence-corrected chi connectivity index (χ0v) is 8.75. The third kappa shape index (κ3) is 2.39. The molecule has 0 radical (unpaired) electrons. The van der Waals surface area contributed by atoms with Gasteiger partial charge in [0.05, 0.1) is 10.6 Å². The third-order valence-electron chi connectivity index (χ3n) is 1.71. The van der Waals surface area contributed by atoms with E-state index in [4.69, 9.17) is 33.6 Å². The van der Waals surface area contributed by atoms with E-state index in [9.17, 15) is 9.90 Å². The molecule has 1 atom stereocenters. The number of nitrogens with zero attached hydrogens (tertiary/aromatic N) is 1. The van der Waals surface area contributed by atoms with E-state index in [1.165, 1.54) is 12.1 Å². The predicted molar refractivity (Wildman–Crippen MR) is 53.8 cm³/mol. The number of carbonyl (C=O) groups is 1. The van der Waals surface area contributed by atoms with Crippen molar-refractivity contribution >= 4 is 29.2 Å². The zero-order chi connectivity index (χ0) is 11.6. The first-order chi connectivity index (χ1) is 6.97. The van der Waals surface area contributed by atoms with Crippen LogP contribution in [0.15, 0.2) is 12.1 Å². The lowest BCUT2D eigenvalue weighted by Crippen LogP contribution is -2.11. The molecule has 6 heteroatoms. The number of nitriles is 1. The van der Waals surface area contributed by atoms with Crippen LogP contribution in [0.3, 0.4) is 0 Å². The Balaban J connectivity index is 3.37. The van der Waals surface area contributed by atoms with Gasteiger partial charge in [-0.2, -0.15) is 5.26 Å². The van der Waals surface area contributed by atoms with E-state index >= 15 is 0 Å². The summed E-state index contributed by atoms with van der Waals surface area (Å²) in [5.41, 5.74) is -0.0623. The van der Waals surface area contributed by atoms with Crippen molar-refractivity contribution in [3.63, 3.8) is 0 Å². The van der Waals surface area contributed by atoms with Gasteiger partial charge < -0.3 is 10.2 Å². The number of aliphatic hydroxyl groups is 1. The van der Waals surface area contributed by atoms with E-state index in [1.807, 2.05) is 0 Å². The minimum absolute atomic E-state index is 0.0273. The second-order valence-corrected chi connectivity index (χ2v) is 3.52. The van der Waals surface area contributed by atoms with Gasteiger partial charge >= 0.3 is 5.97 Å². The Hall–Kier alpha value is -1.28. The van der Waals surface area contributed by atoms with Gasteiger partial charge in [-0.05, 0) is 12.1 Å². The Morgan fingerprint density at radius 2 is 2.07 bits per heavy atom. The maximum Gasteiger partial charge on any atom is 0.337 e. The second-order valence-electron chi connectivity index (χ2n) is 2.71. The van der Waals surface area contributed by atoms with E-state index in [0.717, 1.165) is 0 Å². The van der Waals surface area contributed by atoms with Gasteiger partial charge in [0, 0.05) is 10.6 Å². The molecule has 1 aromatic rings. The molecule has 4 nitrogen and oxygen atoms in total. The topological polar surface area (TPSA) is 81.3 Å². The molecule has 0 aliphatic carbocycles. The summed E-state index contributed by atoms with van der Waals surface area (Å²) < 4.78 is 0. The molecule has 78 valence electrons. The standard InChI is InChI=1S/C9H5Cl2NO3/c10-5-1-4(3-12)7(11)6(2-5)8(13)9(14)15/h1-2,8,13H,(H,14,15). The number of rotatable bonds is 2. The molecule has 15 heavy (non-hydrogen) atoms. The van der Waals surface area contributed by atoms with Crippen molar-refractivity contribution in [1.82, 2.24) is 0 Å². The molecule has 0 bridgehead atoms. The van der Waals surface area contributed by atoms with Gasteiger partial charge in [-0.1, -0.05) is 23.2 Å². The summed E-state index contributed by atoms with van der Waals surface area (Å²) in [6, 6.07) is 4.26. The molecule has 0 saturated carbocycles. The highest BCUT2D eigenvalue weighted by molar-refractivity contribution is 6.34. The highest BCUT2D eigenvalue weighted by atomic mass is 35.5. The van der Waals surface area contributed by atoms with Crippen LogP contribution in [-0.2, 0) is 4.79 Å². The summed E-state index contributed by atoms with van der Waals surface area (Å²) in [7, 11) is 0. The van der Waals surface area contributed by atoms with Crippen LogP contribution in [0, 0.1) is 11.3 Å². The lowest BCUT2D eigenvalue weighted by Gasteiger charge is -2.09. The van der Waals surface area contributed by atoms with Crippen LogP contribution in [0.2, 0.25) is 10.0 Å². The molecule has 0 aliphatic heterocycles.